The van der Waals surface area contributed by atoms with Gasteiger partial charge < -0.3 is 4.90 Å². The van der Waals surface area contributed by atoms with Gasteiger partial charge >= 0.3 is 0 Å². The van der Waals surface area contributed by atoms with Gasteiger partial charge in [-0.15, -0.1) is 0 Å². The van der Waals surface area contributed by atoms with Crippen molar-refractivity contribution in [3.8, 4) is 6.07 Å². The quantitative estimate of drug-likeness (QED) is 0.732. The smallest absolute Gasteiger partial charge is 0.236 e. The number of nitriles is 1. The van der Waals surface area contributed by atoms with Crippen molar-refractivity contribution in [3.63, 3.8) is 0 Å². The van der Waals surface area contributed by atoms with Crippen molar-refractivity contribution >= 4 is 5.91 Å². The molecule has 1 aliphatic carbocycles. The number of nitrogens with zero attached hydrogens (tertiary/aromatic N) is 3. The number of rotatable bonds is 3. The molecular formula is C15H25N3O. The number of amides is 1. The highest BCUT2D eigenvalue weighted by Crippen LogP contribution is 2.26. The van der Waals surface area contributed by atoms with Crippen molar-refractivity contribution in [2.45, 2.75) is 51.0 Å². The van der Waals surface area contributed by atoms with E-state index in [0.29, 0.717) is 6.54 Å². The van der Waals surface area contributed by atoms with Crippen molar-refractivity contribution in [3.05, 3.63) is 0 Å². The van der Waals surface area contributed by atoms with Gasteiger partial charge in [-0.1, -0.05) is 19.3 Å². The Hall–Kier alpha value is -1.08. The minimum atomic E-state index is 0.0962. The van der Waals surface area contributed by atoms with Crippen molar-refractivity contribution in [1.29, 1.82) is 5.26 Å². The topological polar surface area (TPSA) is 47.3 Å². The molecule has 0 spiro atoms. The van der Waals surface area contributed by atoms with Gasteiger partial charge in [-0.25, -0.2) is 0 Å². The summed E-state index contributed by atoms with van der Waals surface area (Å²) in [7, 11) is 2.01. The van der Waals surface area contributed by atoms with Crippen LogP contribution in [0.2, 0.25) is 0 Å². The lowest BCUT2D eigenvalue weighted by Crippen LogP contribution is -2.44. The molecule has 0 N–H and O–H groups in total. The third-order valence-corrected chi connectivity index (χ3v) is 4.55. The second kappa shape index (κ2) is 6.91. The summed E-state index contributed by atoms with van der Waals surface area (Å²) in [5.74, 6) is 0.333. The molecule has 1 saturated heterocycles. The van der Waals surface area contributed by atoms with Gasteiger partial charge in [0.05, 0.1) is 18.5 Å². The van der Waals surface area contributed by atoms with Gasteiger partial charge in [0.15, 0.2) is 0 Å². The Kier molecular flexibility index (Phi) is 5.21. The van der Waals surface area contributed by atoms with Crippen LogP contribution < -0.4 is 0 Å². The summed E-state index contributed by atoms with van der Waals surface area (Å²) < 4.78 is 0. The van der Waals surface area contributed by atoms with Crippen molar-refractivity contribution in [2.75, 3.05) is 26.7 Å². The first-order valence-electron chi connectivity index (χ1n) is 7.60. The summed E-state index contributed by atoms with van der Waals surface area (Å²) in [5.41, 5.74) is 0. The van der Waals surface area contributed by atoms with Gasteiger partial charge in [0.1, 0.15) is 0 Å². The monoisotopic (exact) mass is 263 g/mol. The molecule has 0 radical (unpaired) electrons. The second-order valence-corrected chi connectivity index (χ2v) is 5.94. The number of carbonyl (C=O) groups is 1. The lowest BCUT2D eigenvalue weighted by atomic mass is 9.95. The van der Waals surface area contributed by atoms with E-state index in [1.165, 1.54) is 12.8 Å². The van der Waals surface area contributed by atoms with Gasteiger partial charge in [-0.2, -0.15) is 5.26 Å². The number of carbonyl (C=O) groups excluding carboxylic acids is 1. The highest BCUT2D eigenvalue weighted by molar-refractivity contribution is 5.78. The van der Waals surface area contributed by atoms with Gasteiger partial charge in [0.25, 0.3) is 0 Å². The zero-order valence-corrected chi connectivity index (χ0v) is 12.0. The molecule has 0 bridgehead atoms. The predicted molar refractivity (Wildman–Crippen MR) is 74.4 cm³/mol. The maximum absolute atomic E-state index is 12.2. The molecule has 2 atom stereocenters. The van der Waals surface area contributed by atoms with Crippen LogP contribution >= 0.6 is 0 Å². The van der Waals surface area contributed by atoms with Crippen LogP contribution in [-0.2, 0) is 4.79 Å². The number of likely N-dealkylation sites (tertiary alicyclic amines) is 1. The highest BCUT2D eigenvalue weighted by Gasteiger charge is 2.29. The Labute approximate surface area is 116 Å². The summed E-state index contributed by atoms with van der Waals surface area (Å²) in [6.07, 6.45) is 7.89. The number of likely N-dealkylation sites (N-methyl/N-ethyl adjacent to an activating group) is 1. The fourth-order valence-corrected chi connectivity index (χ4v) is 3.36. The average molecular weight is 263 g/mol. The van der Waals surface area contributed by atoms with Crippen LogP contribution in [0.25, 0.3) is 0 Å². The first-order chi connectivity index (χ1) is 9.22. The molecule has 1 aliphatic heterocycles. The molecule has 4 heteroatoms. The Morgan fingerprint density at radius 1 is 1.21 bits per heavy atom. The van der Waals surface area contributed by atoms with Crippen LogP contribution in [-0.4, -0.2) is 48.4 Å². The van der Waals surface area contributed by atoms with Crippen LogP contribution in [0.15, 0.2) is 0 Å². The summed E-state index contributed by atoms with van der Waals surface area (Å²) in [6.45, 7) is 2.31. The van der Waals surface area contributed by atoms with E-state index in [1.54, 1.807) is 0 Å². The zero-order valence-electron chi connectivity index (χ0n) is 12.0. The Morgan fingerprint density at radius 3 is 2.58 bits per heavy atom. The van der Waals surface area contributed by atoms with E-state index < -0.39 is 0 Å². The Balaban J connectivity index is 1.91. The predicted octanol–water partition coefficient (Wildman–Crippen LogP) is 2.01. The van der Waals surface area contributed by atoms with Gasteiger partial charge in [-0.3, -0.25) is 9.69 Å². The molecule has 4 nitrogen and oxygen atoms in total. The molecule has 0 aromatic carbocycles. The third kappa shape index (κ3) is 3.70. The lowest BCUT2D eigenvalue weighted by molar-refractivity contribution is -0.131. The minimum absolute atomic E-state index is 0.0962. The van der Waals surface area contributed by atoms with Crippen LogP contribution in [0.4, 0.5) is 0 Å². The van der Waals surface area contributed by atoms with Gasteiger partial charge in [-0.05, 0) is 32.7 Å². The normalized spacial score (nSPS) is 28.2. The third-order valence-electron chi connectivity index (χ3n) is 4.55. The molecule has 2 rings (SSSR count). The maximum Gasteiger partial charge on any atom is 0.236 e. The summed E-state index contributed by atoms with van der Waals surface area (Å²) >= 11 is 0. The molecule has 2 unspecified atom stereocenters. The van der Waals surface area contributed by atoms with E-state index >= 15 is 0 Å². The Bertz CT molecular complexity index is 344. The van der Waals surface area contributed by atoms with Crippen molar-refractivity contribution < 1.29 is 4.79 Å². The fourth-order valence-electron chi connectivity index (χ4n) is 3.36. The first-order valence-corrected chi connectivity index (χ1v) is 7.60. The zero-order chi connectivity index (χ0) is 13.7. The molecule has 1 saturated carbocycles. The van der Waals surface area contributed by atoms with Crippen LogP contribution in [0.3, 0.4) is 0 Å². The van der Waals surface area contributed by atoms with Gasteiger partial charge in [0.2, 0.25) is 5.91 Å². The maximum atomic E-state index is 12.2. The molecule has 0 aromatic heterocycles. The molecule has 19 heavy (non-hydrogen) atoms. The van der Waals surface area contributed by atoms with E-state index in [1.807, 2.05) is 11.9 Å². The van der Waals surface area contributed by atoms with E-state index in [4.69, 9.17) is 0 Å². The van der Waals surface area contributed by atoms with Crippen molar-refractivity contribution in [2.24, 2.45) is 5.92 Å². The minimum Gasteiger partial charge on any atom is -0.342 e. The van der Waals surface area contributed by atoms with E-state index in [0.717, 1.165) is 45.2 Å². The summed E-state index contributed by atoms with van der Waals surface area (Å²) in [6, 6.07) is 2.71. The summed E-state index contributed by atoms with van der Waals surface area (Å²) in [5, 5.41) is 9.31. The standard InChI is InChI=1S/C15H25N3O/c1-17(12-15(19)18-9-5-6-10-18)14-8-4-2-3-7-13(14)11-16/h13-14H,2-10,12H2,1H3. The molecule has 2 fully saturated rings. The SMILES string of the molecule is CN(CC(=O)N1CCCC1)C1CCCCCC1C#N. The fraction of sp³-hybridized carbons (Fsp3) is 0.867. The Morgan fingerprint density at radius 2 is 1.89 bits per heavy atom. The number of hydrogen-bond donors (Lipinski definition) is 0. The molecule has 0 aromatic rings. The van der Waals surface area contributed by atoms with Crippen LogP contribution in [0, 0.1) is 17.2 Å². The van der Waals surface area contributed by atoms with Crippen molar-refractivity contribution in [1.82, 2.24) is 9.80 Å². The number of hydrogen-bond acceptors (Lipinski definition) is 3. The first kappa shape index (κ1) is 14.3. The molecule has 2 aliphatic rings. The lowest BCUT2D eigenvalue weighted by Gasteiger charge is -2.31. The average Bonchev–Trinajstić information content (AvgIpc) is 2.83. The molecular weight excluding hydrogens is 238 g/mol. The van der Waals surface area contributed by atoms with E-state index in [2.05, 4.69) is 11.0 Å². The van der Waals surface area contributed by atoms with Crippen LogP contribution in [0.5, 0.6) is 0 Å². The summed E-state index contributed by atoms with van der Waals surface area (Å²) in [4.78, 5) is 16.3. The molecule has 1 heterocycles. The highest BCUT2D eigenvalue weighted by atomic mass is 16.2. The van der Waals surface area contributed by atoms with Gasteiger partial charge in [0, 0.05) is 19.1 Å². The largest absolute Gasteiger partial charge is 0.342 e. The molecule has 1 amide bonds. The van der Waals surface area contributed by atoms with E-state index in [9.17, 15) is 10.1 Å². The second-order valence-electron chi connectivity index (χ2n) is 5.94. The van der Waals surface area contributed by atoms with E-state index in [-0.39, 0.29) is 17.9 Å². The van der Waals surface area contributed by atoms with Crippen LogP contribution in [0.1, 0.15) is 44.9 Å². The molecule has 106 valence electrons.